The lowest BCUT2D eigenvalue weighted by molar-refractivity contribution is -0.139. The van der Waals surface area contributed by atoms with Gasteiger partial charge >= 0.3 is 5.97 Å². The van der Waals surface area contributed by atoms with Crippen LogP contribution in [0, 0.1) is 0 Å². The van der Waals surface area contributed by atoms with Gasteiger partial charge in [0.25, 0.3) is 5.91 Å². The van der Waals surface area contributed by atoms with Crippen molar-refractivity contribution < 1.29 is 19.4 Å². The Bertz CT molecular complexity index is 466. The van der Waals surface area contributed by atoms with Crippen LogP contribution >= 0.6 is 27.5 Å². The zero-order valence-corrected chi connectivity index (χ0v) is 11.8. The second kappa shape index (κ2) is 6.61. The van der Waals surface area contributed by atoms with Gasteiger partial charge in [0.1, 0.15) is 10.6 Å². The van der Waals surface area contributed by atoms with Crippen LogP contribution in [-0.2, 0) is 9.53 Å². The van der Waals surface area contributed by atoms with Gasteiger partial charge < -0.3 is 15.2 Å². The van der Waals surface area contributed by atoms with Crippen LogP contribution in [-0.4, -0.2) is 35.5 Å². The molecule has 1 atom stereocenters. The van der Waals surface area contributed by atoms with Crippen molar-refractivity contribution in [2.75, 3.05) is 13.7 Å². The molecule has 7 heteroatoms. The van der Waals surface area contributed by atoms with Crippen LogP contribution in [0.5, 0.6) is 5.75 Å². The first-order valence-corrected chi connectivity index (χ1v) is 6.23. The predicted molar refractivity (Wildman–Crippen MR) is 70.2 cm³/mol. The highest BCUT2D eigenvalue weighted by Gasteiger charge is 2.17. The van der Waals surface area contributed by atoms with Gasteiger partial charge in [0.15, 0.2) is 0 Å². The van der Waals surface area contributed by atoms with Crippen LogP contribution in [0.3, 0.4) is 0 Å². The number of carbonyl (C=O) groups excluding carboxylic acids is 2. The molecule has 1 aromatic rings. The van der Waals surface area contributed by atoms with E-state index in [4.69, 9.17) is 11.6 Å². The number of alkyl halides is 1. The maximum atomic E-state index is 11.7. The maximum absolute atomic E-state index is 11.7. The fourth-order valence-electron chi connectivity index (χ4n) is 1.19. The highest BCUT2D eigenvalue weighted by atomic mass is 79.9. The number of esters is 1. The Kier molecular flexibility index (Phi) is 5.43. The number of aromatic hydroxyl groups is 1. The third-order valence-corrected chi connectivity index (χ3v) is 3.04. The van der Waals surface area contributed by atoms with Gasteiger partial charge in [-0.05, 0) is 18.2 Å². The summed E-state index contributed by atoms with van der Waals surface area (Å²) in [4.78, 5) is 22.2. The van der Waals surface area contributed by atoms with Crippen LogP contribution in [0.4, 0.5) is 0 Å². The molecule has 0 fully saturated rings. The number of rotatable bonds is 4. The summed E-state index contributed by atoms with van der Waals surface area (Å²) in [6, 6.07) is 4.15. The molecule has 0 aliphatic rings. The maximum Gasteiger partial charge on any atom is 0.321 e. The molecule has 1 amide bonds. The summed E-state index contributed by atoms with van der Waals surface area (Å²) in [7, 11) is 1.25. The van der Waals surface area contributed by atoms with Crippen LogP contribution in [0.25, 0.3) is 0 Å². The quantitative estimate of drug-likeness (QED) is 0.648. The van der Waals surface area contributed by atoms with Crippen LogP contribution in [0.2, 0.25) is 5.02 Å². The van der Waals surface area contributed by atoms with Crippen molar-refractivity contribution in [3.63, 3.8) is 0 Å². The van der Waals surface area contributed by atoms with E-state index < -0.39 is 16.7 Å². The minimum absolute atomic E-state index is 0.0492. The number of phenols is 1. The zero-order chi connectivity index (χ0) is 13.7. The van der Waals surface area contributed by atoms with Crippen molar-refractivity contribution in [1.82, 2.24) is 5.32 Å². The van der Waals surface area contributed by atoms with E-state index in [2.05, 4.69) is 26.0 Å². The van der Waals surface area contributed by atoms with Gasteiger partial charge in [-0.25, -0.2) is 0 Å². The highest BCUT2D eigenvalue weighted by Crippen LogP contribution is 2.21. The number of methoxy groups -OCH3 is 1. The molecule has 0 radical (unpaired) electrons. The highest BCUT2D eigenvalue weighted by molar-refractivity contribution is 9.10. The number of carbonyl (C=O) groups is 2. The number of phenolic OH excluding ortho intramolecular Hbond substituents is 1. The third-order valence-electron chi connectivity index (χ3n) is 2.10. The minimum atomic E-state index is -0.638. The summed E-state index contributed by atoms with van der Waals surface area (Å²) in [5.74, 6) is -1.21. The van der Waals surface area contributed by atoms with E-state index in [1.165, 1.54) is 25.3 Å². The van der Waals surface area contributed by atoms with Crippen molar-refractivity contribution in [1.29, 1.82) is 0 Å². The molecular formula is C11H11BrClNO4. The van der Waals surface area contributed by atoms with Gasteiger partial charge in [-0.15, -0.1) is 0 Å². The van der Waals surface area contributed by atoms with Gasteiger partial charge in [0.05, 0.1) is 12.7 Å². The Balaban J connectivity index is 2.63. The molecule has 0 saturated heterocycles. The lowest BCUT2D eigenvalue weighted by atomic mass is 10.2. The summed E-state index contributed by atoms with van der Waals surface area (Å²) in [5, 5.41) is 12.3. The molecule has 0 aliphatic heterocycles. The number of nitrogens with one attached hydrogen (secondary N) is 1. The van der Waals surface area contributed by atoms with E-state index in [1.807, 2.05) is 0 Å². The monoisotopic (exact) mass is 335 g/mol. The van der Waals surface area contributed by atoms with Crippen molar-refractivity contribution in [3.8, 4) is 5.75 Å². The van der Waals surface area contributed by atoms with E-state index in [0.29, 0.717) is 5.02 Å². The van der Waals surface area contributed by atoms with Crippen molar-refractivity contribution in [2.24, 2.45) is 0 Å². The smallest absolute Gasteiger partial charge is 0.321 e. The van der Waals surface area contributed by atoms with Crippen molar-refractivity contribution in [2.45, 2.75) is 4.83 Å². The van der Waals surface area contributed by atoms with Crippen molar-refractivity contribution >= 4 is 39.4 Å². The molecule has 1 unspecified atom stereocenters. The first-order valence-electron chi connectivity index (χ1n) is 4.94. The Labute approximate surface area is 117 Å². The standard InChI is InChI=1S/C11H11BrClNO4/c1-18-11(17)8(12)5-14-10(16)7-3-2-6(13)4-9(7)15/h2-4,8,15H,5H2,1H3,(H,14,16). The van der Waals surface area contributed by atoms with Gasteiger partial charge in [0, 0.05) is 11.6 Å². The largest absolute Gasteiger partial charge is 0.507 e. The lowest BCUT2D eigenvalue weighted by Gasteiger charge is -2.10. The molecular weight excluding hydrogens is 325 g/mol. The number of halogens is 2. The average molecular weight is 337 g/mol. The molecule has 0 aromatic heterocycles. The third kappa shape index (κ3) is 3.89. The normalized spacial score (nSPS) is 11.7. The number of benzene rings is 1. The van der Waals surface area contributed by atoms with E-state index >= 15 is 0 Å². The minimum Gasteiger partial charge on any atom is -0.507 e. The van der Waals surface area contributed by atoms with Crippen LogP contribution < -0.4 is 5.32 Å². The second-order valence-corrected chi connectivity index (χ2v) is 4.90. The van der Waals surface area contributed by atoms with Gasteiger partial charge in [0.2, 0.25) is 0 Å². The Morgan fingerprint density at radius 2 is 2.22 bits per heavy atom. The molecule has 0 saturated carbocycles. The Morgan fingerprint density at radius 1 is 1.56 bits per heavy atom. The fraction of sp³-hybridized carbons (Fsp3) is 0.273. The Morgan fingerprint density at radius 3 is 2.78 bits per heavy atom. The van der Waals surface area contributed by atoms with Gasteiger partial charge in [-0.1, -0.05) is 27.5 Å². The second-order valence-electron chi connectivity index (χ2n) is 3.36. The zero-order valence-electron chi connectivity index (χ0n) is 9.44. The van der Waals surface area contributed by atoms with Crippen LogP contribution in [0.1, 0.15) is 10.4 Å². The molecule has 5 nitrogen and oxygen atoms in total. The summed E-state index contributed by atoms with van der Waals surface area (Å²) in [6.45, 7) is 0.0492. The summed E-state index contributed by atoms with van der Waals surface area (Å²) < 4.78 is 4.49. The number of ether oxygens (including phenoxy) is 1. The molecule has 1 rings (SSSR count). The molecule has 0 aliphatic carbocycles. The number of hydrogen-bond acceptors (Lipinski definition) is 4. The van der Waals surface area contributed by atoms with E-state index in [9.17, 15) is 14.7 Å². The molecule has 18 heavy (non-hydrogen) atoms. The summed E-state index contributed by atoms with van der Waals surface area (Å²) >= 11 is 8.71. The number of hydrogen-bond donors (Lipinski definition) is 2. The van der Waals surface area contributed by atoms with Gasteiger partial charge in [-0.3, -0.25) is 9.59 Å². The van der Waals surface area contributed by atoms with Gasteiger partial charge in [-0.2, -0.15) is 0 Å². The van der Waals surface area contributed by atoms with E-state index in [0.717, 1.165) is 0 Å². The average Bonchev–Trinajstić information content (AvgIpc) is 2.34. The molecule has 0 heterocycles. The first kappa shape index (κ1) is 14.8. The molecule has 0 spiro atoms. The Hall–Kier alpha value is -1.27. The lowest BCUT2D eigenvalue weighted by Crippen LogP contribution is -2.33. The topological polar surface area (TPSA) is 75.6 Å². The molecule has 1 aromatic carbocycles. The SMILES string of the molecule is COC(=O)C(Br)CNC(=O)c1ccc(Cl)cc1O. The molecule has 98 valence electrons. The first-order chi connectivity index (χ1) is 8.45. The predicted octanol–water partition coefficient (Wildman–Crippen LogP) is 1.71. The summed E-state index contributed by atoms with van der Waals surface area (Å²) in [5.41, 5.74) is 0.0870. The fourth-order valence-corrected chi connectivity index (χ4v) is 1.70. The molecule has 2 N–H and O–H groups in total. The van der Waals surface area contributed by atoms with E-state index in [-0.39, 0.29) is 17.9 Å². The van der Waals surface area contributed by atoms with Crippen molar-refractivity contribution in [3.05, 3.63) is 28.8 Å². The van der Waals surface area contributed by atoms with E-state index in [1.54, 1.807) is 0 Å². The summed E-state index contributed by atoms with van der Waals surface area (Å²) in [6.07, 6.45) is 0. The molecule has 0 bridgehead atoms. The number of amides is 1. The van der Waals surface area contributed by atoms with Crippen LogP contribution in [0.15, 0.2) is 18.2 Å².